The number of nitrogens with zero attached hydrogens (tertiary/aromatic N) is 5. The van der Waals surface area contributed by atoms with Crippen molar-refractivity contribution in [1.82, 2.24) is 24.7 Å². The topological polar surface area (TPSA) is 85.6 Å². The van der Waals surface area contributed by atoms with Crippen LogP contribution in [0.3, 0.4) is 0 Å². The summed E-state index contributed by atoms with van der Waals surface area (Å²) in [5.41, 5.74) is 3.45. The minimum absolute atomic E-state index is 0.148. The summed E-state index contributed by atoms with van der Waals surface area (Å²) in [6.45, 7) is 0. The fourth-order valence-corrected chi connectivity index (χ4v) is 4.53. The third-order valence-corrected chi connectivity index (χ3v) is 6.15. The van der Waals surface area contributed by atoms with Gasteiger partial charge in [0.2, 0.25) is 11.1 Å². The van der Waals surface area contributed by atoms with Gasteiger partial charge in [0, 0.05) is 12.4 Å². The molecule has 0 aliphatic heterocycles. The lowest BCUT2D eigenvalue weighted by Crippen LogP contribution is -2.14. The summed E-state index contributed by atoms with van der Waals surface area (Å²) in [5, 5.41) is 13.4. The highest BCUT2D eigenvalue weighted by atomic mass is 32.2. The van der Waals surface area contributed by atoms with Gasteiger partial charge in [-0.3, -0.25) is 4.79 Å². The van der Waals surface area contributed by atoms with Crippen molar-refractivity contribution in [2.75, 3.05) is 11.1 Å². The molecule has 0 unspecified atom stereocenters. The number of thioether (sulfide) groups is 1. The number of thiazole rings is 1. The molecule has 0 saturated carbocycles. The second-order valence-electron chi connectivity index (χ2n) is 6.17. The van der Waals surface area contributed by atoms with Gasteiger partial charge >= 0.3 is 0 Å². The molecule has 0 saturated heterocycles. The first-order valence-corrected chi connectivity index (χ1v) is 10.4. The molecule has 5 aromatic rings. The second-order valence-corrected chi connectivity index (χ2v) is 8.14. The van der Waals surface area contributed by atoms with E-state index in [-0.39, 0.29) is 11.7 Å². The molecule has 2 aromatic carbocycles. The van der Waals surface area contributed by atoms with Crippen LogP contribution in [-0.2, 0) is 11.8 Å². The first-order valence-electron chi connectivity index (χ1n) is 8.55. The quantitative estimate of drug-likeness (QED) is 0.456. The number of nitrogens with one attached hydrogen (secondary N) is 1. The summed E-state index contributed by atoms with van der Waals surface area (Å²) >= 11 is 2.71. The number of aromatic nitrogens is 5. The van der Waals surface area contributed by atoms with E-state index >= 15 is 0 Å². The van der Waals surface area contributed by atoms with Gasteiger partial charge in [0.1, 0.15) is 5.52 Å². The van der Waals surface area contributed by atoms with Crippen LogP contribution < -0.4 is 5.32 Å². The third kappa shape index (κ3) is 2.98. The molecule has 0 fully saturated rings. The SMILES string of the molecule is Cn1c2ccccc2c2nnc(SCC(=O)Nc3nc4ccccc4s3)nc21. The fraction of sp³-hybridized carbons (Fsp3) is 0.105. The minimum Gasteiger partial charge on any atom is -0.327 e. The highest BCUT2D eigenvalue weighted by molar-refractivity contribution is 7.99. The van der Waals surface area contributed by atoms with Crippen LogP contribution in [0.4, 0.5) is 5.13 Å². The van der Waals surface area contributed by atoms with E-state index in [0.29, 0.717) is 10.3 Å². The molecular formula is C19H14N6OS2. The maximum Gasteiger partial charge on any atom is 0.236 e. The number of carbonyl (C=O) groups excluding carboxylic acids is 1. The fourth-order valence-electron chi connectivity index (χ4n) is 3.06. The number of carbonyl (C=O) groups is 1. The van der Waals surface area contributed by atoms with Crippen molar-refractivity contribution >= 4 is 66.4 Å². The summed E-state index contributed by atoms with van der Waals surface area (Å²) in [4.78, 5) is 21.3. The number of para-hydroxylation sites is 2. The Labute approximate surface area is 167 Å². The van der Waals surface area contributed by atoms with Crippen molar-refractivity contribution in [2.24, 2.45) is 7.05 Å². The average Bonchev–Trinajstić information content (AvgIpc) is 3.25. The Bertz CT molecular complexity index is 1310. The van der Waals surface area contributed by atoms with Crippen LogP contribution in [0.25, 0.3) is 32.3 Å². The molecular weight excluding hydrogens is 392 g/mol. The normalized spacial score (nSPS) is 11.5. The van der Waals surface area contributed by atoms with Gasteiger partial charge in [-0.05, 0) is 18.2 Å². The summed E-state index contributed by atoms with van der Waals surface area (Å²) in [5.74, 6) is 0.0392. The van der Waals surface area contributed by atoms with Crippen molar-refractivity contribution < 1.29 is 4.79 Å². The molecule has 5 rings (SSSR count). The van der Waals surface area contributed by atoms with Crippen LogP contribution in [0.2, 0.25) is 0 Å². The lowest BCUT2D eigenvalue weighted by Gasteiger charge is -2.01. The molecule has 3 aromatic heterocycles. The molecule has 1 N–H and O–H groups in total. The number of rotatable bonds is 4. The van der Waals surface area contributed by atoms with E-state index < -0.39 is 0 Å². The molecule has 0 spiro atoms. The standard InChI is InChI=1S/C19H14N6OS2/c1-25-13-8-4-2-6-11(13)16-17(25)22-19(24-23-16)27-10-15(26)21-18-20-12-7-3-5-9-14(12)28-18/h2-9H,10H2,1H3,(H,20,21,26). The van der Waals surface area contributed by atoms with E-state index in [2.05, 4.69) is 25.5 Å². The van der Waals surface area contributed by atoms with E-state index in [0.717, 1.165) is 32.3 Å². The van der Waals surface area contributed by atoms with Gasteiger partial charge in [-0.25, -0.2) is 9.97 Å². The number of aryl methyl sites for hydroxylation is 1. The molecule has 3 heterocycles. The number of anilines is 1. The first-order chi connectivity index (χ1) is 13.7. The van der Waals surface area contributed by atoms with Gasteiger partial charge in [0.05, 0.1) is 21.5 Å². The predicted octanol–water partition coefficient (Wildman–Crippen LogP) is 3.86. The first kappa shape index (κ1) is 17.1. The van der Waals surface area contributed by atoms with Crippen LogP contribution in [0.1, 0.15) is 0 Å². The third-order valence-electron chi connectivity index (χ3n) is 4.36. The van der Waals surface area contributed by atoms with Crippen molar-refractivity contribution in [3.63, 3.8) is 0 Å². The summed E-state index contributed by atoms with van der Waals surface area (Å²) < 4.78 is 3.03. The summed E-state index contributed by atoms with van der Waals surface area (Å²) in [6, 6.07) is 15.8. The molecule has 0 bridgehead atoms. The van der Waals surface area contributed by atoms with E-state index in [1.165, 1.54) is 23.1 Å². The van der Waals surface area contributed by atoms with Crippen LogP contribution in [0.5, 0.6) is 0 Å². The van der Waals surface area contributed by atoms with Gasteiger partial charge in [-0.2, -0.15) is 0 Å². The molecule has 0 aliphatic carbocycles. The Kier molecular flexibility index (Phi) is 4.18. The molecule has 0 atom stereocenters. The zero-order valence-corrected chi connectivity index (χ0v) is 16.4. The van der Waals surface area contributed by atoms with Crippen LogP contribution >= 0.6 is 23.1 Å². The number of fused-ring (bicyclic) bond motifs is 4. The molecule has 28 heavy (non-hydrogen) atoms. The molecule has 0 radical (unpaired) electrons. The number of amides is 1. The smallest absolute Gasteiger partial charge is 0.236 e. The zero-order chi connectivity index (χ0) is 19.1. The second kappa shape index (κ2) is 6.84. The van der Waals surface area contributed by atoms with Gasteiger partial charge in [0.25, 0.3) is 0 Å². The van der Waals surface area contributed by atoms with Crippen molar-refractivity contribution in [1.29, 1.82) is 0 Å². The Hall–Kier alpha value is -3.04. The van der Waals surface area contributed by atoms with E-state index in [1.807, 2.05) is 60.1 Å². The number of hydrogen-bond donors (Lipinski definition) is 1. The Morgan fingerprint density at radius 2 is 1.93 bits per heavy atom. The number of hydrogen-bond acceptors (Lipinski definition) is 7. The summed E-state index contributed by atoms with van der Waals surface area (Å²) in [6.07, 6.45) is 0. The van der Waals surface area contributed by atoms with E-state index in [4.69, 9.17) is 0 Å². The predicted molar refractivity (Wildman–Crippen MR) is 113 cm³/mol. The highest BCUT2D eigenvalue weighted by Crippen LogP contribution is 2.27. The van der Waals surface area contributed by atoms with Gasteiger partial charge in [-0.15, -0.1) is 10.2 Å². The number of benzene rings is 2. The highest BCUT2D eigenvalue weighted by Gasteiger charge is 2.14. The van der Waals surface area contributed by atoms with Crippen LogP contribution in [0, 0.1) is 0 Å². The van der Waals surface area contributed by atoms with Gasteiger partial charge < -0.3 is 9.88 Å². The maximum absolute atomic E-state index is 12.3. The van der Waals surface area contributed by atoms with Gasteiger partial charge in [-0.1, -0.05) is 53.4 Å². The summed E-state index contributed by atoms with van der Waals surface area (Å²) in [7, 11) is 1.95. The lowest BCUT2D eigenvalue weighted by atomic mass is 10.2. The van der Waals surface area contributed by atoms with Crippen molar-refractivity contribution in [3.8, 4) is 0 Å². The Morgan fingerprint density at radius 3 is 2.82 bits per heavy atom. The van der Waals surface area contributed by atoms with E-state index in [9.17, 15) is 4.79 Å². The Balaban J connectivity index is 1.33. The van der Waals surface area contributed by atoms with Crippen LogP contribution in [0.15, 0.2) is 53.7 Å². The van der Waals surface area contributed by atoms with Gasteiger partial charge in [0.15, 0.2) is 10.8 Å². The Morgan fingerprint density at radius 1 is 1.11 bits per heavy atom. The average molecular weight is 406 g/mol. The maximum atomic E-state index is 12.3. The molecule has 1 amide bonds. The van der Waals surface area contributed by atoms with E-state index in [1.54, 1.807) is 0 Å². The van der Waals surface area contributed by atoms with Crippen molar-refractivity contribution in [2.45, 2.75) is 5.16 Å². The lowest BCUT2D eigenvalue weighted by molar-refractivity contribution is -0.113. The molecule has 7 nitrogen and oxygen atoms in total. The zero-order valence-electron chi connectivity index (χ0n) is 14.8. The molecule has 138 valence electrons. The van der Waals surface area contributed by atoms with Crippen LogP contribution in [-0.4, -0.2) is 36.4 Å². The molecule has 9 heteroatoms. The minimum atomic E-state index is -0.148. The molecule has 0 aliphatic rings. The largest absolute Gasteiger partial charge is 0.327 e. The van der Waals surface area contributed by atoms with Crippen molar-refractivity contribution in [3.05, 3.63) is 48.5 Å². The monoisotopic (exact) mass is 406 g/mol.